The van der Waals surface area contributed by atoms with E-state index in [0.29, 0.717) is 5.69 Å². The fourth-order valence-electron chi connectivity index (χ4n) is 2.47. The third-order valence-corrected chi connectivity index (χ3v) is 4.42. The summed E-state index contributed by atoms with van der Waals surface area (Å²) < 4.78 is 6.26. The van der Waals surface area contributed by atoms with Gasteiger partial charge in [-0.3, -0.25) is 4.52 Å². The lowest BCUT2D eigenvalue weighted by Gasteiger charge is -2.19. The summed E-state index contributed by atoms with van der Waals surface area (Å²) in [5, 5.41) is 21.7. The van der Waals surface area contributed by atoms with Crippen molar-refractivity contribution in [1.29, 1.82) is 10.5 Å². The molecule has 0 fully saturated rings. The maximum atomic E-state index is 12.3. The monoisotopic (exact) mass is 339 g/mol. The Morgan fingerprint density at radius 2 is 1.71 bits per heavy atom. The van der Waals surface area contributed by atoms with Crippen LogP contribution in [0.25, 0.3) is 5.69 Å². The second kappa shape index (κ2) is 5.99. The van der Waals surface area contributed by atoms with Crippen molar-refractivity contribution in [3.63, 3.8) is 0 Å². The zero-order valence-corrected chi connectivity index (χ0v) is 13.0. The van der Waals surface area contributed by atoms with Gasteiger partial charge in [0.2, 0.25) is 5.69 Å². The van der Waals surface area contributed by atoms with Crippen LogP contribution in [0.5, 0.6) is 0 Å². The van der Waals surface area contributed by atoms with Crippen molar-refractivity contribution in [3.05, 3.63) is 67.7 Å². The van der Waals surface area contributed by atoms with E-state index < -0.39 is 11.5 Å². The molecule has 0 spiro atoms. The molecule has 0 saturated heterocycles. The molecule has 9 heteroatoms. The smallest absolute Gasteiger partial charge is 0.392 e. The van der Waals surface area contributed by atoms with Crippen LogP contribution in [0.3, 0.4) is 0 Å². The molecular formula is C15H11N6O2S+. The van der Waals surface area contributed by atoms with E-state index in [1.165, 1.54) is 4.68 Å². The van der Waals surface area contributed by atoms with Gasteiger partial charge < -0.3 is 11.5 Å². The summed E-state index contributed by atoms with van der Waals surface area (Å²) in [4.78, 5) is 12.3. The molecule has 0 radical (unpaired) electrons. The van der Waals surface area contributed by atoms with Gasteiger partial charge in [-0.15, -0.1) is 0 Å². The summed E-state index contributed by atoms with van der Waals surface area (Å²) in [6.07, 6.45) is 0. The summed E-state index contributed by atoms with van der Waals surface area (Å²) in [5.74, 6) is -0.996. The molecule has 0 aliphatic carbocycles. The normalized spacial score (nSPS) is 15.2. The molecule has 2 heterocycles. The number of nitrogens with one attached hydrogen (secondary N) is 1. The molecule has 0 unspecified atom stereocenters. The van der Waals surface area contributed by atoms with Crippen LogP contribution in [0.15, 0.2) is 60.9 Å². The number of thioether (sulfide) groups is 1. The minimum Gasteiger partial charge on any atom is -0.392 e. The van der Waals surface area contributed by atoms with E-state index in [2.05, 4.69) is 5.27 Å². The molecule has 3 rings (SSSR count). The van der Waals surface area contributed by atoms with Crippen LogP contribution in [0.1, 0.15) is 11.6 Å². The van der Waals surface area contributed by atoms with Crippen molar-refractivity contribution < 1.29 is 9.20 Å². The zero-order chi connectivity index (χ0) is 17.3. The quantitative estimate of drug-likeness (QED) is 0.673. The third kappa shape index (κ3) is 2.33. The van der Waals surface area contributed by atoms with Crippen molar-refractivity contribution in [2.75, 3.05) is 0 Å². The van der Waals surface area contributed by atoms with Gasteiger partial charge in [0.1, 0.15) is 5.92 Å². The zero-order valence-electron chi connectivity index (χ0n) is 12.2. The Balaban J connectivity index is 2.30. The number of rotatable bonds is 2. The summed E-state index contributed by atoms with van der Waals surface area (Å²) >= 11 is 0.933. The van der Waals surface area contributed by atoms with E-state index >= 15 is 0 Å². The third-order valence-electron chi connectivity index (χ3n) is 3.54. The Bertz CT molecular complexity index is 967. The predicted octanol–water partition coefficient (Wildman–Crippen LogP) is 0.463. The van der Waals surface area contributed by atoms with E-state index in [1.54, 1.807) is 24.3 Å². The Morgan fingerprint density at radius 1 is 1.12 bits per heavy atom. The van der Waals surface area contributed by atoms with Gasteiger partial charge in [-0.1, -0.05) is 30.0 Å². The van der Waals surface area contributed by atoms with Gasteiger partial charge in [0.15, 0.2) is 0 Å². The number of allylic oxidation sites excluding steroid dienone is 2. The number of nitrogens with two attached hydrogens (primary N) is 2. The van der Waals surface area contributed by atoms with E-state index in [0.717, 1.165) is 11.8 Å². The van der Waals surface area contributed by atoms with Gasteiger partial charge in [0.25, 0.3) is 0 Å². The number of H-pyrrole nitrogens is 1. The first-order chi connectivity index (χ1) is 11.6. The topological polar surface area (TPSA) is 149 Å². The van der Waals surface area contributed by atoms with Crippen LogP contribution in [-0.2, 0) is 0 Å². The second-order valence-corrected chi connectivity index (χ2v) is 5.94. The van der Waals surface area contributed by atoms with Gasteiger partial charge in [-0.05, 0) is 9.95 Å². The van der Waals surface area contributed by atoms with Crippen molar-refractivity contribution in [2.24, 2.45) is 11.5 Å². The lowest BCUT2D eigenvalue weighted by atomic mass is 9.89. The first-order valence-corrected chi connectivity index (χ1v) is 7.56. The van der Waals surface area contributed by atoms with Crippen molar-refractivity contribution in [1.82, 2.24) is 5.27 Å². The van der Waals surface area contributed by atoms with E-state index in [9.17, 15) is 15.3 Å². The van der Waals surface area contributed by atoms with E-state index in [-0.39, 0.29) is 26.9 Å². The average Bonchev–Trinajstić information content (AvgIpc) is 2.96. The maximum Gasteiger partial charge on any atom is 0.431 e. The van der Waals surface area contributed by atoms with Crippen LogP contribution in [0, 0.1) is 22.7 Å². The number of aromatic amines is 1. The second-order valence-electron chi connectivity index (χ2n) is 4.85. The first kappa shape index (κ1) is 15.5. The largest absolute Gasteiger partial charge is 0.431 e. The molecule has 0 saturated carbocycles. The molecule has 1 aromatic carbocycles. The number of nitrogens with zero attached hydrogens (tertiary/aromatic N) is 3. The number of aromatic nitrogens is 2. The highest BCUT2D eigenvalue weighted by Gasteiger charge is 2.42. The Kier molecular flexibility index (Phi) is 3.86. The number of benzene rings is 1. The minimum absolute atomic E-state index is 0.0560. The van der Waals surface area contributed by atoms with Crippen LogP contribution >= 0.6 is 11.8 Å². The van der Waals surface area contributed by atoms with Gasteiger partial charge in [0.05, 0.1) is 33.3 Å². The van der Waals surface area contributed by atoms with Crippen molar-refractivity contribution >= 4 is 11.8 Å². The maximum absolute atomic E-state index is 12.3. The molecule has 0 atom stereocenters. The highest BCUT2D eigenvalue weighted by Crippen LogP contribution is 2.41. The highest BCUT2D eigenvalue weighted by atomic mass is 32.2. The van der Waals surface area contributed by atoms with Gasteiger partial charge in [-0.2, -0.15) is 10.5 Å². The molecule has 2 aromatic rings. The van der Waals surface area contributed by atoms with E-state index in [1.807, 2.05) is 18.2 Å². The highest BCUT2D eigenvalue weighted by molar-refractivity contribution is 8.06. The summed E-state index contributed by atoms with van der Waals surface area (Å²) in [6, 6.07) is 12.8. The molecule has 1 aromatic heterocycles. The van der Waals surface area contributed by atoms with E-state index in [4.69, 9.17) is 16.0 Å². The molecule has 8 nitrogen and oxygen atoms in total. The van der Waals surface area contributed by atoms with Gasteiger partial charge in [0, 0.05) is 12.1 Å². The molecule has 24 heavy (non-hydrogen) atoms. The van der Waals surface area contributed by atoms with Gasteiger partial charge >= 0.3 is 11.3 Å². The summed E-state index contributed by atoms with van der Waals surface area (Å²) in [7, 11) is 0. The predicted molar refractivity (Wildman–Crippen MR) is 84.8 cm³/mol. The molecule has 0 amide bonds. The van der Waals surface area contributed by atoms with Crippen LogP contribution < -0.4 is 21.8 Å². The Morgan fingerprint density at radius 3 is 2.25 bits per heavy atom. The molecule has 118 valence electrons. The molecule has 1 aliphatic rings. The fourth-order valence-corrected chi connectivity index (χ4v) is 3.25. The summed E-state index contributed by atoms with van der Waals surface area (Å²) in [6.45, 7) is 0. The van der Waals surface area contributed by atoms with Crippen LogP contribution in [-0.4, -0.2) is 5.27 Å². The minimum atomic E-state index is -0.996. The SMILES string of the molecule is N#CC1=C(N)SC(N)=C(C#N)C1c1c(=O)o[nH][n+]1-c1ccccc1. The van der Waals surface area contributed by atoms with Crippen molar-refractivity contribution in [3.8, 4) is 17.8 Å². The lowest BCUT2D eigenvalue weighted by molar-refractivity contribution is -0.677. The van der Waals surface area contributed by atoms with Crippen molar-refractivity contribution in [2.45, 2.75) is 5.92 Å². The average molecular weight is 339 g/mol. The first-order valence-electron chi connectivity index (χ1n) is 6.74. The molecule has 5 N–H and O–H groups in total. The number of para-hydroxylation sites is 1. The van der Waals surface area contributed by atoms with Crippen LogP contribution in [0.2, 0.25) is 0 Å². The molecule has 0 bridgehead atoms. The number of hydrogen-bond donors (Lipinski definition) is 3. The van der Waals surface area contributed by atoms with Gasteiger partial charge in [-0.25, -0.2) is 4.79 Å². The Labute approximate surface area is 140 Å². The Hall–Kier alpha value is -3.43. The van der Waals surface area contributed by atoms with Crippen LogP contribution in [0.4, 0.5) is 0 Å². The fraction of sp³-hybridized carbons (Fsp3) is 0.0667. The lowest BCUT2D eigenvalue weighted by Crippen LogP contribution is -2.41. The summed E-state index contributed by atoms with van der Waals surface area (Å²) in [5.41, 5.74) is 11.9. The standard InChI is InChI=1S/C15H10N6O2S/c16-6-9-11(10(7-17)14(19)24-13(9)18)12-15(22)23-20-21(12)8-4-2-1-3-5-8/h1-5,11H,18-19H2/p+1. The number of nitriles is 2. The molecular weight excluding hydrogens is 328 g/mol. The number of hydrogen-bond acceptors (Lipinski definition) is 7. The molecule has 1 aliphatic heterocycles.